The third-order valence-corrected chi connectivity index (χ3v) is 4.22. The largest absolute Gasteiger partial charge is 0.383 e. The van der Waals surface area contributed by atoms with Gasteiger partial charge in [-0.25, -0.2) is 0 Å². The van der Waals surface area contributed by atoms with Crippen LogP contribution in [0.4, 0.5) is 0 Å². The molecule has 98 valence electrons. The molecule has 0 atom stereocenters. The van der Waals surface area contributed by atoms with Crippen LogP contribution in [0.1, 0.15) is 32.1 Å². The topological polar surface area (TPSA) is 45.7 Å². The molecule has 0 bridgehead atoms. The maximum Gasteiger partial charge on any atom is 0.191 e. The van der Waals surface area contributed by atoms with Crippen molar-refractivity contribution < 1.29 is 4.74 Å². The van der Waals surface area contributed by atoms with Crippen LogP contribution in [0.15, 0.2) is 4.99 Å². The van der Waals surface area contributed by atoms with E-state index in [0.717, 1.165) is 25.0 Å². The number of guanidine groups is 1. The molecular formula is C13H25N3O. The molecule has 0 unspecified atom stereocenters. The molecule has 2 aliphatic carbocycles. The molecule has 0 aromatic heterocycles. The average Bonchev–Trinajstić information content (AvgIpc) is 3.10. The highest BCUT2D eigenvalue weighted by molar-refractivity contribution is 5.79. The van der Waals surface area contributed by atoms with E-state index in [4.69, 9.17) is 4.74 Å². The normalized spacial score (nSPS) is 23.1. The Morgan fingerprint density at radius 3 is 2.59 bits per heavy atom. The van der Waals surface area contributed by atoms with Crippen LogP contribution in [0, 0.1) is 11.3 Å². The van der Waals surface area contributed by atoms with Gasteiger partial charge in [0.2, 0.25) is 0 Å². The van der Waals surface area contributed by atoms with Crippen LogP contribution in [0.25, 0.3) is 0 Å². The van der Waals surface area contributed by atoms with Gasteiger partial charge in [-0.05, 0) is 37.0 Å². The molecule has 17 heavy (non-hydrogen) atoms. The molecule has 0 aliphatic heterocycles. The highest BCUT2D eigenvalue weighted by Gasteiger charge is 2.48. The highest BCUT2D eigenvalue weighted by Crippen LogP contribution is 2.56. The Hall–Kier alpha value is -0.770. The molecule has 2 saturated carbocycles. The van der Waals surface area contributed by atoms with Gasteiger partial charge in [-0.1, -0.05) is 6.42 Å². The molecule has 0 spiro atoms. The van der Waals surface area contributed by atoms with Gasteiger partial charge in [-0.2, -0.15) is 0 Å². The number of rotatable bonds is 6. The zero-order valence-electron chi connectivity index (χ0n) is 11.1. The second-order valence-electron chi connectivity index (χ2n) is 5.34. The van der Waals surface area contributed by atoms with Crippen LogP contribution in [0.3, 0.4) is 0 Å². The van der Waals surface area contributed by atoms with Gasteiger partial charge in [0.25, 0.3) is 0 Å². The van der Waals surface area contributed by atoms with E-state index < -0.39 is 0 Å². The summed E-state index contributed by atoms with van der Waals surface area (Å²) in [5.41, 5.74) is 0.596. The van der Waals surface area contributed by atoms with Crippen LogP contribution in [-0.2, 0) is 4.74 Å². The van der Waals surface area contributed by atoms with Gasteiger partial charge in [-0.15, -0.1) is 0 Å². The summed E-state index contributed by atoms with van der Waals surface area (Å²) in [4.78, 5) is 4.24. The predicted molar refractivity (Wildman–Crippen MR) is 70.2 cm³/mol. The lowest BCUT2D eigenvalue weighted by molar-refractivity contribution is 0.105. The summed E-state index contributed by atoms with van der Waals surface area (Å²) in [5, 5.41) is 6.74. The molecule has 0 aromatic carbocycles. The minimum Gasteiger partial charge on any atom is -0.383 e. The number of nitrogens with one attached hydrogen (secondary N) is 2. The Labute approximate surface area is 104 Å². The summed E-state index contributed by atoms with van der Waals surface area (Å²) in [6.45, 7) is 2.62. The number of aliphatic imine (C=N–C) groups is 1. The summed E-state index contributed by atoms with van der Waals surface area (Å²) >= 11 is 0. The molecule has 0 radical (unpaired) electrons. The van der Waals surface area contributed by atoms with Crippen molar-refractivity contribution in [1.82, 2.24) is 10.6 Å². The number of hydrogen-bond acceptors (Lipinski definition) is 2. The van der Waals surface area contributed by atoms with Crippen LogP contribution in [0.5, 0.6) is 0 Å². The molecule has 2 rings (SSSR count). The van der Waals surface area contributed by atoms with Gasteiger partial charge in [0.15, 0.2) is 5.96 Å². The number of hydrogen-bond donors (Lipinski definition) is 2. The van der Waals surface area contributed by atoms with Crippen molar-refractivity contribution >= 4 is 5.96 Å². The van der Waals surface area contributed by atoms with E-state index in [1.807, 2.05) is 7.05 Å². The molecular weight excluding hydrogens is 214 g/mol. The van der Waals surface area contributed by atoms with Crippen LogP contribution in [-0.4, -0.2) is 39.8 Å². The van der Waals surface area contributed by atoms with E-state index >= 15 is 0 Å². The zero-order valence-corrected chi connectivity index (χ0v) is 11.1. The van der Waals surface area contributed by atoms with Crippen molar-refractivity contribution in [2.45, 2.75) is 32.1 Å². The molecule has 4 heteroatoms. The molecule has 4 nitrogen and oxygen atoms in total. The zero-order chi connectivity index (χ0) is 12.1. The van der Waals surface area contributed by atoms with Gasteiger partial charge in [0.1, 0.15) is 0 Å². The first kappa shape index (κ1) is 12.7. The average molecular weight is 239 g/mol. The lowest BCUT2D eigenvalue weighted by atomic mass is 9.65. The van der Waals surface area contributed by atoms with Gasteiger partial charge in [-0.3, -0.25) is 4.99 Å². The third-order valence-electron chi connectivity index (χ3n) is 4.22. The molecule has 0 heterocycles. The first-order valence-electron chi connectivity index (χ1n) is 6.74. The van der Waals surface area contributed by atoms with Crippen molar-refractivity contribution in [3.63, 3.8) is 0 Å². The molecule has 0 aromatic rings. The van der Waals surface area contributed by atoms with Crippen molar-refractivity contribution in [2.24, 2.45) is 16.3 Å². The fourth-order valence-electron chi connectivity index (χ4n) is 2.81. The van der Waals surface area contributed by atoms with Gasteiger partial charge in [0, 0.05) is 27.2 Å². The van der Waals surface area contributed by atoms with E-state index in [1.54, 1.807) is 7.11 Å². The monoisotopic (exact) mass is 239 g/mol. The minimum absolute atomic E-state index is 0.596. The van der Waals surface area contributed by atoms with Crippen molar-refractivity contribution in [3.05, 3.63) is 0 Å². The SMILES string of the molecule is CN=C(NCCOC)NCC1(C2CC2)CCC1. The van der Waals surface area contributed by atoms with Crippen molar-refractivity contribution in [3.8, 4) is 0 Å². The quantitative estimate of drug-likeness (QED) is 0.418. The van der Waals surface area contributed by atoms with Crippen LogP contribution < -0.4 is 10.6 Å². The lowest BCUT2D eigenvalue weighted by Crippen LogP contribution is -2.48. The van der Waals surface area contributed by atoms with Crippen LogP contribution in [0.2, 0.25) is 0 Å². The first-order valence-corrected chi connectivity index (χ1v) is 6.74. The first-order chi connectivity index (χ1) is 8.30. The highest BCUT2D eigenvalue weighted by atomic mass is 16.5. The molecule has 2 N–H and O–H groups in total. The second-order valence-corrected chi connectivity index (χ2v) is 5.34. The molecule has 0 amide bonds. The smallest absolute Gasteiger partial charge is 0.191 e. The summed E-state index contributed by atoms with van der Waals surface area (Å²) in [6, 6.07) is 0. The van der Waals surface area contributed by atoms with E-state index in [9.17, 15) is 0 Å². The van der Waals surface area contributed by atoms with E-state index in [0.29, 0.717) is 12.0 Å². The maximum absolute atomic E-state index is 5.02. The second kappa shape index (κ2) is 5.71. The van der Waals surface area contributed by atoms with Crippen molar-refractivity contribution in [1.29, 1.82) is 0 Å². The van der Waals surface area contributed by atoms with Gasteiger partial charge >= 0.3 is 0 Å². The summed E-state index contributed by atoms with van der Waals surface area (Å²) in [5.74, 6) is 1.90. The van der Waals surface area contributed by atoms with Crippen LogP contribution >= 0.6 is 0 Å². The Morgan fingerprint density at radius 2 is 2.12 bits per heavy atom. The van der Waals surface area contributed by atoms with E-state index in [1.165, 1.54) is 32.1 Å². The lowest BCUT2D eigenvalue weighted by Gasteiger charge is -2.43. The standard InChI is InChI=1S/C13H25N3O/c1-14-12(15-8-9-17-2)16-10-13(6-3-7-13)11-4-5-11/h11H,3-10H2,1-2H3,(H2,14,15,16). The fourth-order valence-corrected chi connectivity index (χ4v) is 2.81. The number of methoxy groups -OCH3 is 1. The predicted octanol–water partition coefficient (Wildman–Crippen LogP) is 1.38. The molecule has 2 aliphatic rings. The summed E-state index contributed by atoms with van der Waals surface area (Å²) in [6.07, 6.45) is 7.10. The Bertz CT molecular complexity index is 270. The maximum atomic E-state index is 5.02. The van der Waals surface area contributed by atoms with E-state index in [2.05, 4.69) is 15.6 Å². The Balaban J connectivity index is 1.71. The minimum atomic E-state index is 0.596. The van der Waals surface area contributed by atoms with E-state index in [-0.39, 0.29) is 0 Å². The third kappa shape index (κ3) is 3.12. The number of nitrogens with zero attached hydrogens (tertiary/aromatic N) is 1. The van der Waals surface area contributed by atoms with Gasteiger partial charge in [0.05, 0.1) is 6.61 Å². The summed E-state index contributed by atoms with van der Waals surface area (Å²) in [7, 11) is 3.54. The Morgan fingerprint density at radius 1 is 1.35 bits per heavy atom. The summed E-state index contributed by atoms with van der Waals surface area (Å²) < 4.78 is 5.02. The number of ether oxygens (including phenoxy) is 1. The van der Waals surface area contributed by atoms with Crippen molar-refractivity contribution in [2.75, 3.05) is 33.9 Å². The Kier molecular flexibility index (Phi) is 4.26. The molecule has 2 fully saturated rings. The fraction of sp³-hybridized carbons (Fsp3) is 0.923. The van der Waals surface area contributed by atoms with Gasteiger partial charge < -0.3 is 15.4 Å². The molecule has 0 saturated heterocycles.